The van der Waals surface area contributed by atoms with Gasteiger partial charge in [0.1, 0.15) is 0 Å². The van der Waals surface area contributed by atoms with Crippen LogP contribution in [0.3, 0.4) is 0 Å². The zero-order chi connectivity index (χ0) is 15.1. The molecule has 1 atom stereocenters. The number of nitrogens with one attached hydrogen (secondary N) is 2. The lowest BCUT2D eigenvalue weighted by Gasteiger charge is -2.22. The van der Waals surface area contributed by atoms with E-state index in [1.807, 2.05) is 30.0 Å². The Bertz CT molecular complexity index is 476. The maximum Gasteiger partial charge on any atom is 0.221 e. The van der Waals surface area contributed by atoms with Gasteiger partial charge in [-0.1, -0.05) is 6.07 Å². The number of ether oxygens (including phenoxy) is 2. The first-order valence-corrected chi connectivity index (χ1v) is 8.17. The number of benzene rings is 1. The number of carbonyl (C=O) groups excluding carboxylic acids is 1. The van der Waals surface area contributed by atoms with E-state index in [2.05, 4.69) is 10.6 Å². The lowest BCUT2D eigenvalue weighted by molar-refractivity contribution is -0.121. The van der Waals surface area contributed by atoms with Crippen molar-refractivity contribution < 1.29 is 14.3 Å². The van der Waals surface area contributed by atoms with E-state index in [0.29, 0.717) is 24.5 Å². The maximum atomic E-state index is 11.9. The Morgan fingerprint density at radius 1 is 1.38 bits per heavy atom. The molecule has 0 aliphatic carbocycles. The summed E-state index contributed by atoms with van der Waals surface area (Å²) >= 11 is 1.90. The average Bonchev–Trinajstić information content (AvgIpc) is 2.53. The van der Waals surface area contributed by atoms with E-state index in [9.17, 15) is 4.79 Å². The summed E-state index contributed by atoms with van der Waals surface area (Å²) in [5.74, 6) is 3.57. The summed E-state index contributed by atoms with van der Waals surface area (Å²) in [5, 5.41) is 6.31. The minimum absolute atomic E-state index is 0.0739. The fourth-order valence-corrected chi connectivity index (χ4v) is 3.19. The van der Waals surface area contributed by atoms with Crippen LogP contribution < -0.4 is 20.1 Å². The molecule has 1 aromatic carbocycles. The molecule has 1 aliphatic rings. The van der Waals surface area contributed by atoms with E-state index in [0.717, 1.165) is 23.6 Å². The number of hydrogen-bond acceptors (Lipinski definition) is 5. The Hall–Kier alpha value is -1.40. The molecule has 6 heteroatoms. The Morgan fingerprint density at radius 3 is 2.86 bits per heavy atom. The van der Waals surface area contributed by atoms with Crippen molar-refractivity contribution in [3.8, 4) is 11.5 Å². The first kappa shape index (κ1) is 16.0. The molecule has 1 aromatic rings. The Kier molecular flexibility index (Phi) is 6.20. The summed E-state index contributed by atoms with van der Waals surface area (Å²) in [7, 11) is 3.21. The maximum absolute atomic E-state index is 11.9. The summed E-state index contributed by atoms with van der Waals surface area (Å²) in [4.78, 5) is 11.9. The van der Waals surface area contributed by atoms with Gasteiger partial charge >= 0.3 is 0 Å². The van der Waals surface area contributed by atoms with Crippen LogP contribution in [-0.4, -0.2) is 44.2 Å². The number of carbonyl (C=O) groups is 1. The minimum atomic E-state index is 0.0739. The molecule has 116 valence electrons. The summed E-state index contributed by atoms with van der Waals surface area (Å²) in [6, 6.07) is 5.94. The molecule has 0 aromatic heterocycles. The molecule has 0 saturated carbocycles. The fourth-order valence-electron chi connectivity index (χ4n) is 2.24. The van der Waals surface area contributed by atoms with Crippen molar-refractivity contribution >= 4 is 17.7 Å². The van der Waals surface area contributed by atoms with Crippen molar-refractivity contribution in [3.63, 3.8) is 0 Å². The number of hydrogen-bond donors (Lipinski definition) is 2. The van der Waals surface area contributed by atoms with Crippen LogP contribution in [0.4, 0.5) is 0 Å². The molecule has 0 bridgehead atoms. The highest BCUT2D eigenvalue weighted by atomic mass is 32.2. The molecule has 5 nitrogen and oxygen atoms in total. The van der Waals surface area contributed by atoms with E-state index in [-0.39, 0.29) is 11.9 Å². The van der Waals surface area contributed by atoms with Crippen LogP contribution in [0.1, 0.15) is 12.0 Å². The van der Waals surface area contributed by atoms with Gasteiger partial charge in [-0.3, -0.25) is 4.79 Å². The van der Waals surface area contributed by atoms with Crippen LogP contribution in [0.5, 0.6) is 11.5 Å². The van der Waals surface area contributed by atoms with Crippen LogP contribution in [0.15, 0.2) is 18.2 Å². The molecule has 1 aliphatic heterocycles. The van der Waals surface area contributed by atoms with Crippen molar-refractivity contribution in [2.24, 2.45) is 0 Å². The minimum Gasteiger partial charge on any atom is -0.493 e. The van der Waals surface area contributed by atoms with Crippen LogP contribution in [-0.2, 0) is 11.3 Å². The van der Waals surface area contributed by atoms with Gasteiger partial charge in [0.05, 0.1) is 14.2 Å². The summed E-state index contributed by atoms with van der Waals surface area (Å²) < 4.78 is 10.4. The Labute approximate surface area is 129 Å². The second kappa shape index (κ2) is 8.14. The molecular formula is C15H22N2O3S. The third-order valence-electron chi connectivity index (χ3n) is 3.37. The van der Waals surface area contributed by atoms with Gasteiger partial charge in [-0.05, 0) is 17.7 Å². The summed E-state index contributed by atoms with van der Waals surface area (Å²) in [6.07, 6.45) is 0.528. The van der Waals surface area contributed by atoms with E-state index < -0.39 is 0 Å². The zero-order valence-corrected chi connectivity index (χ0v) is 13.3. The van der Waals surface area contributed by atoms with Gasteiger partial charge in [0.2, 0.25) is 5.91 Å². The molecule has 2 N–H and O–H groups in total. The number of thioether (sulfide) groups is 1. The van der Waals surface area contributed by atoms with Crippen LogP contribution in [0.2, 0.25) is 0 Å². The lowest BCUT2D eigenvalue weighted by atomic mass is 10.2. The zero-order valence-electron chi connectivity index (χ0n) is 12.5. The SMILES string of the molecule is COc1ccc(CNC(=O)CC2CSCCN2)cc1OC. The molecule has 1 amide bonds. The quantitative estimate of drug-likeness (QED) is 0.832. The first-order valence-electron chi connectivity index (χ1n) is 7.01. The topological polar surface area (TPSA) is 59.6 Å². The van der Waals surface area contributed by atoms with Crippen molar-refractivity contribution in [2.45, 2.75) is 19.0 Å². The predicted octanol–water partition coefficient (Wildman–Crippen LogP) is 1.42. The molecule has 0 spiro atoms. The highest BCUT2D eigenvalue weighted by Crippen LogP contribution is 2.27. The normalized spacial score (nSPS) is 18.1. The van der Waals surface area contributed by atoms with Gasteiger partial charge < -0.3 is 20.1 Å². The van der Waals surface area contributed by atoms with Crippen molar-refractivity contribution in [3.05, 3.63) is 23.8 Å². The van der Waals surface area contributed by atoms with Crippen LogP contribution >= 0.6 is 11.8 Å². The van der Waals surface area contributed by atoms with Crippen LogP contribution in [0.25, 0.3) is 0 Å². The lowest BCUT2D eigenvalue weighted by Crippen LogP contribution is -2.41. The second-order valence-corrected chi connectivity index (χ2v) is 6.05. The van der Waals surface area contributed by atoms with E-state index >= 15 is 0 Å². The number of rotatable bonds is 6. The standard InChI is InChI=1S/C15H22N2O3S/c1-19-13-4-3-11(7-14(13)20-2)9-17-15(18)8-12-10-21-6-5-16-12/h3-4,7,12,16H,5-6,8-10H2,1-2H3,(H,17,18). The van der Waals surface area contributed by atoms with Crippen molar-refractivity contribution in [1.82, 2.24) is 10.6 Å². The average molecular weight is 310 g/mol. The van der Waals surface area contributed by atoms with Crippen molar-refractivity contribution in [1.29, 1.82) is 0 Å². The number of methoxy groups -OCH3 is 2. The fraction of sp³-hybridized carbons (Fsp3) is 0.533. The van der Waals surface area contributed by atoms with E-state index in [4.69, 9.17) is 9.47 Å². The van der Waals surface area contributed by atoms with Gasteiger partial charge in [0, 0.05) is 37.1 Å². The van der Waals surface area contributed by atoms with Gasteiger partial charge in [-0.25, -0.2) is 0 Å². The van der Waals surface area contributed by atoms with E-state index in [1.54, 1.807) is 14.2 Å². The van der Waals surface area contributed by atoms with E-state index in [1.165, 1.54) is 0 Å². The Morgan fingerprint density at radius 2 is 2.19 bits per heavy atom. The predicted molar refractivity (Wildman–Crippen MR) is 85.1 cm³/mol. The smallest absolute Gasteiger partial charge is 0.221 e. The van der Waals surface area contributed by atoms with Crippen molar-refractivity contribution in [2.75, 3.05) is 32.3 Å². The molecule has 2 rings (SSSR count). The van der Waals surface area contributed by atoms with Gasteiger partial charge in [0.15, 0.2) is 11.5 Å². The van der Waals surface area contributed by atoms with Gasteiger partial charge in [-0.15, -0.1) is 0 Å². The molecule has 1 unspecified atom stereocenters. The Balaban J connectivity index is 1.83. The van der Waals surface area contributed by atoms with Gasteiger partial charge in [0.25, 0.3) is 0 Å². The largest absolute Gasteiger partial charge is 0.493 e. The molecule has 1 fully saturated rings. The summed E-state index contributed by atoms with van der Waals surface area (Å²) in [5.41, 5.74) is 0.993. The monoisotopic (exact) mass is 310 g/mol. The molecule has 0 radical (unpaired) electrons. The molecule has 1 heterocycles. The third kappa shape index (κ3) is 4.82. The van der Waals surface area contributed by atoms with Crippen LogP contribution in [0, 0.1) is 0 Å². The molecule has 1 saturated heterocycles. The highest BCUT2D eigenvalue weighted by molar-refractivity contribution is 7.99. The number of amides is 1. The summed E-state index contributed by atoms with van der Waals surface area (Å²) in [6.45, 7) is 1.48. The molecule has 21 heavy (non-hydrogen) atoms. The third-order valence-corrected chi connectivity index (χ3v) is 4.50. The first-order chi connectivity index (χ1) is 10.2. The second-order valence-electron chi connectivity index (χ2n) is 4.90. The molecular weight excluding hydrogens is 288 g/mol. The van der Waals surface area contributed by atoms with Gasteiger partial charge in [-0.2, -0.15) is 11.8 Å². The highest BCUT2D eigenvalue weighted by Gasteiger charge is 2.16.